The molecule has 0 aliphatic heterocycles. The number of aromatic nitrogens is 1. The van der Waals surface area contributed by atoms with Crippen molar-refractivity contribution in [1.29, 1.82) is 0 Å². The summed E-state index contributed by atoms with van der Waals surface area (Å²) in [7, 11) is 0. The predicted molar refractivity (Wildman–Crippen MR) is 140 cm³/mol. The molecule has 1 N–H and O–H groups in total. The Morgan fingerprint density at radius 2 is 1.74 bits per heavy atom. The maximum atomic E-state index is 11.2. The molecule has 1 heterocycles. The molecule has 0 aliphatic carbocycles. The standard InChI is InChI=1S/C28H26ClNO3S/c29-23-13-8-20(9-14-23)4-3-7-27(34-19-28(31)32)22-11-16-25(17-12-22)33-18-24-15-10-21-5-1-2-6-26(21)30-24/h1-2,5-6,8-17,27H,3-4,7,18-19H2,(H,31,32). The maximum Gasteiger partial charge on any atom is 0.313 e. The highest BCUT2D eigenvalue weighted by atomic mass is 35.5. The zero-order chi connectivity index (χ0) is 23.8. The van der Waals surface area contributed by atoms with Crippen molar-refractivity contribution in [1.82, 2.24) is 4.98 Å². The number of ether oxygens (including phenoxy) is 1. The molecule has 6 heteroatoms. The summed E-state index contributed by atoms with van der Waals surface area (Å²) >= 11 is 7.43. The van der Waals surface area contributed by atoms with E-state index in [1.165, 1.54) is 17.3 Å². The third-order valence-corrected chi connectivity index (χ3v) is 7.12. The maximum absolute atomic E-state index is 11.2. The fourth-order valence-electron chi connectivity index (χ4n) is 3.79. The van der Waals surface area contributed by atoms with Gasteiger partial charge < -0.3 is 9.84 Å². The first-order valence-electron chi connectivity index (χ1n) is 11.2. The molecule has 0 saturated heterocycles. The van der Waals surface area contributed by atoms with Gasteiger partial charge in [-0.3, -0.25) is 4.79 Å². The van der Waals surface area contributed by atoms with Gasteiger partial charge in [-0.1, -0.05) is 60.1 Å². The molecule has 0 saturated carbocycles. The lowest BCUT2D eigenvalue weighted by Gasteiger charge is -2.17. The molecular weight excluding hydrogens is 466 g/mol. The van der Waals surface area contributed by atoms with Crippen molar-refractivity contribution in [3.63, 3.8) is 0 Å². The van der Waals surface area contributed by atoms with Gasteiger partial charge in [0, 0.05) is 15.7 Å². The number of aliphatic carboxylic acids is 1. The van der Waals surface area contributed by atoms with Crippen LogP contribution in [0.25, 0.3) is 10.9 Å². The minimum atomic E-state index is -0.796. The highest BCUT2D eigenvalue weighted by Crippen LogP contribution is 2.34. The van der Waals surface area contributed by atoms with E-state index in [2.05, 4.69) is 11.1 Å². The minimum absolute atomic E-state index is 0.0808. The number of hydrogen-bond acceptors (Lipinski definition) is 4. The average molecular weight is 492 g/mol. The lowest BCUT2D eigenvalue weighted by Crippen LogP contribution is -2.04. The lowest BCUT2D eigenvalue weighted by molar-refractivity contribution is -0.133. The van der Waals surface area contributed by atoms with Crippen LogP contribution in [0.2, 0.25) is 5.02 Å². The smallest absolute Gasteiger partial charge is 0.313 e. The van der Waals surface area contributed by atoms with Gasteiger partial charge in [0.25, 0.3) is 0 Å². The zero-order valence-electron chi connectivity index (χ0n) is 18.7. The van der Waals surface area contributed by atoms with Gasteiger partial charge in [-0.25, -0.2) is 4.98 Å². The number of nitrogens with zero attached hydrogens (tertiary/aromatic N) is 1. The van der Waals surface area contributed by atoms with Crippen LogP contribution < -0.4 is 4.74 Å². The average Bonchev–Trinajstić information content (AvgIpc) is 2.86. The van der Waals surface area contributed by atoms with Crippen LogP contribution in [0.1, 0.15) is 34.9 Å². The summed E-state index contributed by atoms with van der Waals surface area (Å²) in [5.74, 6) is 0.0507. The van der Waals surface area contributed by atoms with Crippen LogP contribution in [0.15, 0.2) is 84.9 Å². The highest BCUT2D eigenvalue weighted by molar-refractivity contribution is 8.00. The summed E-state index contributed by atoms with van der Waals surface area (Å²) in [6.45, 7) is 0.391. The Morgan fingerprint density at radius 1 is 0.971 bits per heavy atom. The summed E-state index contributed by atoms with van der Waals surface area (Å²) in [4.78, 5) is 15.8. The van der Waals surface area contributed by atoms with Gasteiger partial charge in [0.2, 0.25) is 0 Å². The Hall–Kier alpha value is -3.02. The van der Waals surface area contributed by atoms with Crippen molar-refractivity contribution in [2.24, 2.45) is 0 Å². The Bertz CT molecular complexity index is 1230. The summed E-state index contributed by atoms with van der Waals surface area (Å²) in [5, 5.41) is 11.1. The second kappa shape index (κ2) is 11.9. The molecule has 4 nitrogen and oxygen atoms in total. The van der Waals surface area contributed by atoms with Crippen LogP contribution in [0.4, 0.5) is 0 Å². The Balaban J connectivity index is 1.35. The van der Waals surface area contributed by atoms with Gasteiger partial charge in [0.1, 0.15) is 12.4 Å². The number of carboxylic acids is 1. The monoisotopic (exact) mass is 491 g/mol. The van der Waals surface area contributed by atoms with Crippen molar-refractivity contribution in [2.75, 3.05) is 5.75 Å². The number of thioether (sulfide) groups is 1. The first-order valence-corrected chi connectivity index (χ1v) is 12.6. The molecule has 0 bridgehead atoms. The van der Waals surface area contributed by atoms with E-state index in [1.54, 1.807) is 0 Å². The minimum Gasteiger partial charge on any atom is -0.487 e. The number of pyridine rings is 1. The predicted octanol–water partition coefficient (Wildman–Crippen LogP) is 7.35. The number of carboxylic acid groups (broad SMARTS) is 1. The zero-order valence-corrected chi connectivity index (χ0v) is 20.3. The van der Waals surface area contributed by atoms with Crippen molar-refractivity contribution in [2.45, 2.75) is 31.1 Å². The lowest BCUT2D eigenvalue weighted by atomic mass is 10.0. The largest absolute Gasteiger partial charge is 0.487 e. The number of para-hydroxylation sites is 1. The van der Waals surface area contributed by atoms with E-state index in [0.29, 0.717) is 6.61 Å². The molecule has 0 aliphatic rings. The van der Waals surface area contributed by atoms with Crippen LogP contribution in [0.5, 0.6) is 5.75 Å². The number of halogens is 1. The van der Waals surface area contributed by atoms with E-state index >= 15 is 0 Å². The highest BCUT2D eigenvalue weighted by Gasteiger charge is 2.14. The van der Waals surface area contributed by atoms with Gasteiger partial charge >= 0.3 is 5.97 Å². The summed E-state index contributed by atoms with van der Waals surface area (Å²) < 4.78 is 5.95. The van der Waals surface area contributed by atoms with Crippen molar-refractivity contribution < 1.29 is 14.6 Å². The van der Waals surface area contributed by atoms with E-state index in [0.717, 1.165) is 52.2 Å². The molecule has 1 atom stereocenters. The molecule has 4 aromatic rings. The molecule has 34 heavy (non-hydrogen) atoms. The van der Waals surface area contributed by atoms with Crippen LogP contribution in [0.3, 0.4) is 0 Å². The second-order valence-corrected chi connectivity index (χ2v) is 9.69. The number of fused-ring (bicyclic) bond motifs is 1. The SMILES string of the molecule is O=C(O)CSC(CCCc1ccc(Cl)cc1)c1ccc(OCc2ccc3ccccc3n2)cc1. The Morgan fingerprint density at radius 3 is 2.50 bits per heavy atom. The number of rotatable bonds is 11. The summed E-state index contributed by atoms with van der Waals surface area (Å²) in [5.41, 5.74) is 4.17. The molecule has 0 amide bonds. The molecule has 1 unspecified atom stereocenters. The fourth-order valence-corrected chi connectivity index (χ4v) is 4.94. The number of carbonyl (C=O) groups is 1. The van der Waals surface area contributed by atoms with E-state index < -0.39 is 5.97 Å². The van der Waals surface area contributed by atoms with Gasteiger partial charge in [-0.2, -0.15) is 0 Å². The van der Waals surface area contributed by atoms with Crippen LogP contribution in [0, 0.1) is 0 Å². The molecule has 174 valence electrons. The Kier molecular flexibility index (Phi) is 8.45. The van der Waals surface area contributed by atoms with Gasteiger partial charge in [0.15, 0.2) is 0 Å². The van der Waals surface area contributed by atoms with E-state index in [9.17, 15) is 4.79 Å². The molecule has 0 spiro atoms. The third kappa shape index (κ3) is 6.99. The summed E-state index contributed by atoms with van der Waals surface area (Å²) in [6, 6.07) is 27.9. The van der Waals surface area contributed by atoms with E-state index in [-0.39, 0.29) is 11.0 Å². The molecule has 0 radical (unpaired) electrons. The molecule has 1 aromatic heterocycles. The first kappa shape index (κ1) is 24.1. The molecule has 0 fully saturated rings. The first-order chi connectivity index (χ1) is 16.6. The van der Waals surface area contributed by atoms with Crippen LogP contribution in [-0.4, -0.2) is 21.8 Å². The molecular formula is C28H26ClNO3S. The number of hydrogen-bond donors (Lipinski definition) is 1. The normalized spacial score (nSPS) is 11.9. The second-order valence-electron chi connectivity index (χ2n) is 8.07. The van der Waals surface area contributed by atoms with Crippen molar-refractivity contribution >= 4 is 40.2 Å². The number of benzene rings is 3. The quantitative estimate of drug-likeness (QED) is 0.237. The molecule has 4 rings (SSSR count). The molecule has 3 aromatic carbocycles. The van der Waals surface area contributed by atoms with Gasteiger partial charge in [-0.05, 0) is 66.8 Å². The van der Waals surface area contributed by atoms with E-state index in [1.807, 2.05) is 78.9 Å². The summed E-state index contributed by atoms with van der Waals surface area (Å²) in [6.07, 6.45) is 2.79. The van der Waals surface area contributed by atoms with Gasteiger partial charge in [-0.15, -0.1) is 11.8 Å². The topological polar surface area (TPSA) is 59.4 Å². The number of aryl methyl sites for hydroxylation is 1. The van der Waals surface area contributed by atoms with Gasteiger partial charge in [0.05, 0.1) is 17.0 Å². The third-order valence-electron chi connectivity index (χ3n) is 5.55. The van der Waals surface area contributed by atoms with Crippen molar-refractivity contribution in [3.8, 4) is 5.75 Å². The van der Waals surface area contributed by atoms with E-state index in [4.69, 9.17) is 21.4 Å². The van der Waals surface area contributed by atoms with Crippen LogP contribution >= 0.6 is 23.4 Å². The van der Waals surface area contributed by atoms with Crippen molar-refractivity contribution in [3.05, 3.63) is 107 Å². The fraction of sp³-hybridized carbons (Fsp3) is 0.214. The Labute approximate surface area is 208 Å². The van der Waals surface area contributed by atoms with Crippen LogP contribution in [-0.2, 0) is 17.8 Å².